The van der Waals surface area contributed by atoms with Crippen LogP contribution in [0.3, 0.4) is 0 Å². The second kappa shape index (κ2) is 5.05. The highest BCUT2D eigenvalue weighted by Crippen LogP contribution is 2.15. The van der Waals surface area contributed by atoms with Gasteiger partial charge < -0.3 is 10.2 Å². The van der Waals surface area contributed by atoms with Crippen molar-refractivity contribution in [3.63, 3.8) is 0 Å². The number of nitrogens with zero attached hydrogens (tertiary/aromatic N) is 1. The number of hydrogen-bond acceptors (Lipinski definition) is 4. The van der Waals surface area contributed by atoms with Gasteiger partial charge in [-0.3, -0.25) is 0 Å². The fourth-order valence-electron chi connectivity index (χ4n) is 1.16. The normalized spacial score (nSPS) is 10.8. The lowest BCUT2D eigenvalue weighted by atomic mass is 10.3. The van der Waals surface area contributed by atoms with Crippen molar-refractivity contribution in [2.75, 3.05) is 26.0 Å². The molecule has 0 saturated carbocycles. The predicted octanol–water partition coefficient (Wildman–Crippen LogP) is 0.370. The SMILES string of the molecule is CNC(=O)NS(=O)(=O)c1ccc(N(C)C)cc1. The molecule has 0 radical (unpaired) electrons. The van der Waals surface area contributed by atoms with Crippen molar-refractivity contribution in [3.8, 4) is 0 Å². The van der Waals surface area contributed by atoms with Crippen molar-refractivity contribution in [2.45, 2.75) is 4.90 Å². The molecule has 2 amide bonds. The van der Waals surface area contributed by atoms with Crippen LogP contribution < -0.4 is 14.9 Å². The van der Waals surface area contributed by atoms with E-state index in [9.17, 15) is 13.2 Å². The number of carbonyl (C=O) groups excluding carboxylic acids is 1. The lowest BCUT2D eigenvalue weighted by Gasteiger charge is -2.13. The first kappa shape index (κ1) is 13.3. The zero-order chi connectivity index (χ0) is 13.1. The summed E-state index contributed by atoms with van der Waals surface area (Å²) in [5.41, 5.74) is 0.879. The van der Waals surface area contributed by atoms with Gasteiger partial charge >= 0.3 is 6.03 Å². The van der Waals surface area contributed by atoms with Gasteiger partial charge in [-0.15, -0.1) is 0 Å². The van der Waals surface area contributed by atoms with Crippen molar-refractivity contribution in [3.05, 3.63) is 24.3 Å². The first-order chi connectivity index (χ1) is 7.86. The van der Waals surface area contributed by atoms with E-state index in [-0.39, 0.29) is 4.90 Å². The quantitative estimate of drug-likeness (QED) is 0.820. The van der Waals surface area contributed by atoms with Crippen LogP contribution in [0.1, 0.15) is 0 Å². The maximum Gasteiger partial charge on any atom is 0.328 e. The molecule has 1 aromatic rings. The first-order valence-electron chi connectivity index (χ1n) is 4.89. The third-order valence-corrected chi connectivity index (χ3v) is 3.46. The van der Waals surface area contributed by atoms with E-state index in [1.54, 1.807) is 12.1 Å². The summed E-state index contributed by atoms with van der Waals surface area (Å²) >= 11 is 0. The van der Waals surface area contributed by atoms with E-state index < -0.39 is 16.1 Å². The summed E-state index contributed by atoms with van der Waals surface area (Å²) in [4.78, 5) is 12.9. The van der Waals surface area contributed by atoms with Crippen LogP contribution in [-0.2, 0) is 10.0 Å². The predicted molar refractivity (Wildman–Crippen MR) is 65.5 cm³/mol. The molecule has 0 spiro atoms. The number of nitrogens with one attached hydrogen (secondary N) is 2. The molecule has 0 bridgehead atoms. The van der Waals surface area contributed by atoms with E-state index in [4.69, 9.17) is 0 Å². The molecule has 17 heavy (non-hydrogen) atoms. The summed E-state index contributed by atoms with van der Waals surface area (Å²) in [6.45, 7) is 0. The van der Waals surface area contributed by atoms with Gasteiger partial charge in [0, 0.05) is 26.8 Å². The zero-order valence-electron chi connectivity index (χ0n) is 9.89. The number of urea groups is 1. The van der Waals surface area contributed by atoms with Gasteiger partial charge in [0.05, 0.1) is 4.90 Å². The van der Waals surface area contributed by atoms with Gasteiger partial charge in [-0.1, -0.05) is 0 Å². The lowest BCUT2D eigenvalue weighted by Crippen LogP contribution is -2.37. The smallest absolute Gasteiger partial charge is 0.328 e. The van der Waals surface area contributed by atoms with Gasteiger partial charge in [0.25, 0.3) is 10.0 Å². The lowest BCUT2D eigenvalue weighted by molar-refractivity contribution is 0.248. The molecular weight excluding hydrogens is 242 g/mol. The van der Waals surface area contributed by atoms with E-state index >= 15 is 0 Å². The van der Waals surface area contributed by atoms with Crippen LogP contribution in [0.5, 0.6) is 0 Å². The monoisotopic (exact) mass is 257 g/mol. The van der Waals surface area contributed by atoms with Crippen LogP contribution in [0, 0.1) is 0 Å². The molecule has 6 nitrogen and oxygen atoms in total. The van der Waals surface area contributed by atoms with Crippen LogP contribution in [0.4, 0.5) is 10.5 Å². The maximum atomic E-state index is 11.7. The maximum absolute atomic E-state index is 11.7. The van der Waals surface area contributed by atoms with Crippen molar-refractivity contribution < 1.29 is 13.2 Å². The van der Waals surface area contributed by atoms with E-state index in [0.29, 0.717) is 0 Å². The Labute approximate surface area is 101 Å². The zero-order valence-corrected chi connectivity index (χ0v) is 10.7. The van der Waals surface area contributed by atoms with Crippen molar-refractivity contribution in [2.24, 2.45) is 0 Å². The summed E-state index contributed by atoms with van der Waals surface area (Å²) in [6.07, 6.45) is 0. The van der Waals surface area contributed by atoms with E-state index in [0.717, 1.165) is 5.69 Å². The molecule has 0 aliphatic heterocycles. The van der Waals surface area contributed by atoms with Crippen molar-refractivity contribution >= 4 is 21.7 Å². The molecule has 0 heterocycles. The minimum Gasteiger partial charge on any atom is -0.378 e. The number of benzene rings is 1. The molecule has 0 aromatic heterocycles. The van der Waals surface area contributed by atoms with E-state index in [1.807, 2.05) is 23.7 Å². The molecule has 7 heteroatoms. The fraction of sp³-hybridized carbons (Fsp3) is 0.300. The van der Waals surface area contributed by atoms with Gasteiger partial charge in [-0.25, -0.2) is 17.9 Å². The third-order valence-electron chi connectivity index (χ3n) is 2.12. The van der Waals surface area contributed by atoms with Gasteiger partial charge in [0.1, 0.15) is 0 Å². The number of anilines is 1. The summed E-state index contributed by atoms with van der Waals surface area (Å²) in [5.74, 6) is 0. The molecule has 0 unspecified atom stereocenters. The highest BCUT2D eigenvalue weighted by atomic mass is 32.2. The average Bonchev–Trinajstić information content (AvgIpc) is 2.28. The molecule has 0 saturated heterocycles. The minimum absolute atomic E-state index is 0.0479. The summed E-state index contributed by atoms with van der Waals surface area (Å²) in [6, 6.07) is 5.46. The van der Waals surface area contributed by atoms with Crippen molar-refractivity contribution in [1.82, 2.24) is 10.0 Å². The van der Waals surface area contributed by atoms with Gasteiger partial charge in [0.2, 0.25) is 0 Å². The Balaban J connectivity index is 2.96. The highest BCUT2D eigenvalue weighted by molar-refractivity contribution is 7.90. The molecular formula is C10H15N3O3S. The standard InChI is InChI=1S/C10H15N3O3S/c1-11-10(14)12-17(15,16)9-6-4-8(5-7-9)13(2)3/h4-7H,1-3H3,(H2,11,12,14). The summed E-state index contributed by atoms with van der Waals surface area (Å²) in [5, 5.41) is 2.18. The second-order valence-electron chi connectivity index (χ2n) is 3.57. The molecule has 0 aliphatic carbocycles. The molecule has 94 valence electrons. The number of sulfonamides is 1. The van der Waals surface area contributed by atoms with E-state index in [2.05, 4.69) is 5.32 Å². The minimum atomic E-state index is -3.79. The summed E-state index contributed by atoms with van der Waals surface area (Å²) in [7, 11) is 1.26. The molecule has 0 fully saturated rings. The Morgan fingerprint density at radius 3 is 2.12 bits per heavy atom. The Morgan fingerprint density at radius 2 is 1.71 bits per heavy atom. The Kier molecular flexibility index (Phi) is 3.95. The van der Waals surface area contributed by atoms with Crippen LogP contribution in [0.15, 0.2) is 29.2 Å². The van der Waals surface area contributed by atoms with Crippen LogP contribution in [-0.4, -0.2) is 35.6 Å². The van der Waals surface area contributed by atoms with Gasteiger partial charge in [-0.2, -0.15) is 0 Å². The fourth-order valence-corrected chi connectivity index (χ4v) is 2.11. The topological polar surface area (TPSA) is 78.5 Å². The number of rotatable bonds is 3. The molecule has 1 aromatic carbocycles. The van der Waals surface area contributed by atoms with E-state index in [1.165, 1.54) is 19.2 Å². The number of hydrogen-bond donors (Lipinski definition) is 2. The Morgan fingerprint density at radius 1 is 1.18 bits per heavy atom. The Hall–Kier alpha value is -1.76. The number of carbonyl (C=O) groups is 1. The van der Waals surface area contributed by atoms with Crippen LogP contribution in [0.2, 0.25) is 0 Å². The molecule has 1 rings (SSSR count). The highest BCUT2D eigenvalue weighted by Gasteiger charge is 2.16. The van der Waals surface area contributed by atoms with Crippen LogP contribution >= 0.6 is 0 Å². The second-order valence-corrected chi connectivity index (χ2v) is 5.26. The largest absolute Gasteiger partial charge is 0.378 e. The summed E-state index contributed by atoms with van der Waals surface area (Å²) < 4.78 is 25.3. The number of amides is 2. The first-order valence-corrected chi connectivity index (χ1v) is 6.37. The van der Waals surface area contributed by atoms with Gasteiger partial charge in [0.15, 0.2) is 0 Å². The third kappa shape index (κ3) is 3.35. The van der Waals surface area contributed by atoms with Crippen LogP contribution in [0.25, 0.3) is 0 Å². The molecule has 0 atom stereocenters. The average molecular weight is 257 g/mol. The Bertz CT molecular complexity index is 494. The molecule has 2 N–H and O–H groups in total. The van der Waals surface area contributed by atoms with Gasteiger partial charge in [-0.05, 0) is 24.3 Å². The van der Waals surface area contributed by atoms with Crippen molar-refractivity contribution in [1.29, 1.82) is 0 Å². The molecule has 0 aliphatic rings.